The molecule has 0 spiro atoms. The van der Waals surface area contributed by atoms with Gasteiger partial charge in [-0.2, -0.15) is 0 Å². The maximum absolute atomic E-state index is 11.6. The van der Waals surface area contributed by atoms with Crippen LogP contribution in [-0.4, -0.2) is 10.5 Å². The molecule has 1 N–H and O–H groups in total. The summed E-state index contributed by atoms with van der Waals surface area (Å²) in [5, 5.41) is 2.66. The van der Waals surface area contributed by atoms with Crippen LogP contribution in [0.3, 0.4) is 0 Å². The highest BCUT2D eigenvalue weighted by Gasteiger charge is 2.35. The Morgan fingerprint density at radius 1 is 1.50 bits per heavy atom. The highest BCUT2D eigenvalue weighted by molar-refractivity contribution is 6.30. The molecule has 4 nitrogen and oxygen atoms in total. The average Bonchev–Trinajstić information content (AvgIpc) is 2.29. The Bertz CT molecular complexity index is 476. The lowest BCUT2D eigenvalue weighted by Crippen LogP contribution is -2.42. The standard InChI is InChI=1S/C9H8ClN2O2/c1-9(2)11-7(13)6-4-3-5(10)8(14)12(6)9/h3-4H,1H2,2H3,(H,11,13). The summed E-state index contributed by atoms with van der Waals surface area (Å²) in [6.07, 6.45) is 0. The van der Waals surface area contributed by atoms with Gasteiger partial charge in [-0.15, -0.1) is 0 Å². The number of carbonyl (C=O) groups is 1. The van der Waals surface area contributed by atoms with E-state index < -0.39 is 11.2 Å². The summed E-state index contributed by atoms with van der Waals surface area (Å²) in [6, 6.07) is 2.92. The fourth-order valence-corrected chi connectivity index (χ4v) is 1.69. The van der Waals surface area contributed by atoms with Crippen molar-refractivity contribution in [2.75, 3.05) is 0 Å². The largest absolute Gasteiger partial charge is 0.328 e. The monoisotopic (exact) mass is 211 g/mol. The molecule has 0 aromatic carbocycles. The summed E-state index contributed by atoms with van der Waals surface area (Å²) in [5.41, 5.74) is -1.06. The highest BCUT2D eigenvalue weighted by Crippen LogP contribution is 2.20. The Hall–Kier alpha value is -1.29. The second kappa shape index (κ2) is 2.60. The number of rotatable bonds is 0. The summed E-state index contributed by atoms with van der Waals surface area (Å²) in [5.74, 6) is -0.309. The maximum atomic E-state index is 11.6. The second-order valence-electron chi connectivity index (χ2n) is 3.44. The van der Waals surface area contributed by atoms with Gasteiger partial charge in [-0.25, -0.2) is 0 Å². The van der Waals surface area contributed by atoms with Crippen LogP contribution in [0.4, 0.5) is 0 Å². The van der Waals surface area contributed by atoms with Crippen LogP contribution >= 0.6 is 11.6 Å². The first kappa shape index (κ1) is 9.27. The number of hydrogen-bond acceptors (Lipinski definition) is 2. The van der Waals surface area contributed by atoms with Gasteiger partial charge >= 0.3 is 0 Å². The molecule has 5 heteroatoms. The molecule has 2 rings (SSSR count). The fourth-order valence-electron chi connectivity index (χ4n) is 1.55. The summed E-state index contributed by atoms with van der Waals surface area (Å²) in [7, 11) is 0. The van der Waals surface area contributed by atoms with E-state index in [-0.39, 0.29) is 16.6 Å². The molecule has 1 radical (unpaired) electrons. The normalized spacial score (nSPS) is 17.8. The van der Waals surface area contributed by atoms with Crippen molar-refractivity contribution in [2.45, 2.75) is 12.6 Å². The minimum absolute atomic E-state index is 0.0834. The molecule has 2 heterocycles. The van der Waals surface area contributed by atoms with Gasteiger partial charge in [-0.1, -0.05) is 11.6 Å². The highest BCUT2D eigenvalue weighted by atomic mass is 35.5. The summed E-state index contributed by atoms with van der Waals surface area (Å²) in [4.78, 5) is 23.0. The van der Waals surface area contributed by atoms with E-state index in [9.17, 15) is 9.59 Å². The minimum Gasteiger partial charge on any atom is -0.328 e. The zero-order valence-corrected chi connectivity index (χ0v) is 8.26. The number of carbonyl (C=O) groups excluding carboxylic acids is 1. The molecule has 1 amide bonds. The summed E-state index contributed by atoms with van der Waals surface area (Å²) >= 11 is 5.67. The summed E-state index contributed by atoms with van der Waals surface area (Å²) < 4.78 is 1.26. The predicted octanol–water partition coefficient (Wildman–Crippen LogP) is 0.752. The SMILES string of the molecule is [CH2]C1(C)NC(=O)c2ccc(Cl)c(=O)n21. The van der Waals surface area contributed by atoms with Crippen molar-refractivity contribution in [1.82, 2.24) is 9.88 Å². The topological polar surface area (TPSA) is 51.1 Å². The van der Waals surface area contributed by atoms with Gasteiger partial charge in [0.2, 0.25) is 0 Å². The van der Waals surface area contributed by atoms with E-state index in [1.165, 1.54) is 16.7 Å². The third-order valence-electron chi connectivity index (χ3n) is 2.14. The zero-order valence-electron chi connectivity index (χ0n) is 7.50. The van der Waals surface area contributed by atoms with Crippen LogP contribution in [0.2, 0.25) is 5.02 Å². The van der Waals surface area contributed by atoms with E-state index in [1.54, 1.807) is 6.92 Å². The minimum atomic E-state index is -0.950. The van der Waals surface area contributed by atoms with Crippen LogP contribution < -0.4 is 10.9 Å². The number of fused-ring (bicyclic) bond motifs is 1. The molecule has 1 aromatic rings. The molecule has 1 aromatic heterocycles. The van der Waals surface area contributed by atoms with Gasteiger partial charge in [-0.3, -0.25) is 14.2 Å². The number of nitrogens with zero attached hydrogens (tertiary/aromatic N) is 1. The van der Waals surface area contributed by atoms with Gasteiger partial charge in [-0.05, 0) is 26.0 Å². The molecule has 14 heavy (non-hydrogen) atoms. The van der Waals surface area contributed by atoms with E-state index in [2.05, 4.69) is 12.2 Å². The molecule has 1 aliphatic rings. The third-order valence-corrected chi connectivity index (χ3v) is 2.43. The first-order chi connectivity index (χ1) is 6.43. The van der Waals surface area contributed by atoms with Crippen LogP contribution in [0.15, 0.2) is 16.9 Å². The van der Waals surface area contributed by atoms with Gasteiger partial charge in [0, 0.05) is 0 Å². The van der Waals surface area contributed by atoms with Crippen LogP contribution in [0.25, 0.3) is 0 Å². The lowest BCUT2D eigenvalue weighted by molar-refractivity contribution is 0.0943. The first-order valence-corrected chi connectivity index (χ1v) is 4.41. The Morgan fingerprint density at radius 3 is 2.79 bits per heavy atom. The average molecular weight is 212 g/mol. The van der Waals surface area contributed by atoms with Crippen molar-refractivity contribution < 1.29 is 4.79 Å². The van der Waals surface area contributed by atoms with E-state index in [1.807, 2.05) is 0 Å². The predicted molar refractivity (Wildman–Crippen MR) is 52.2 cm³/mol. The number of halogens is 1. The first-order valence-electron chi connectivity index (χ1n) is 4.03. The Morgan fingerprint density at radius 2 is 2.14 bits per heavy atom. The van der Waals surface area contributed by atoms with E-state index in [0.29, 0.717) is 0 Å². The molecule has 73 valence electrons. The molecule has 1 unspecified atom stereocenters. The Balaban J connectivity index is 2.84. The number of amides is 1. The van der Waals surface area contributed by atoms with Crippen LogP contribution in [-0.2, 0) is 5.66 Å². The number of pyridine rings is 1. The fraction of sp³-hybridized carbons (Fsp3) is 0.222. The number of aromatic nitrogens is 1. The molecular weight excluding hydrogens is 204 g/mol. The van der Waals surface area contributed by atoms with Crippen molar-refractivity contribution in [3.05, 3.63) is 40.1 Å². The van der Waals surface area contributed by atoms with Gasteiger partial charge in [0.25, 0.3) is 11.5 Å². The van der Waals surface area contributed by atoms with Crippen molar-refractivity contribution >= 4 is 17.5 Å². The smallest absolute Gasteiger partial charge is 0.271 e. The van der Waals surface area contributed by atoms with Crippen molar-refractivity contribution in [3.63, 3.8) is 0 Å². The zero-order chi connectivity index (χ0) is 10.5. The number of hydrogen-bond donors (Lipinski definition) is 1. The molecule has 0 bridgehead atoms. The Kier molecular flexibility index (Phi) is 1.72. The molecule has 0 saturated heterocycles. The lowest BCUT2D eigenvalue weighted by Gasteiger charge is -2.20. The molecule has 0 aliphatic carbocycles. The molecular formula is C9H8ClN2O2. The van der Waals surface area contributed by atoms with Gasteiger partial charge in [0.15, 0.2) is 0 Å². The van der Waals surface area contributed by atoms with Crippen LogP contribution in [0.1, 0.15) is 17.4 Å². The van der Waals surface area contributed by atoms with Crippen LogP contribution in [0, 0.1) is 6.92 Å². The summed E-state index contributed by atoms with van der Waals surface area (Å²) in [6.45, 7) is 5.37. The van der Waals surface area contributed by atoms with E-state index in [4.69, 9.17) is 11.6 Å². The third kappa shape index (κ3) is 1.07. The molecule has 1 aliphatic heterocycles. The van der Waals surface area contributed by atoms with Crippen molar-refractivity contribution in [3.8, 4) is 0 Å². The quantitative estimate of drug-likeness (QED) is 0.689. The van der Waals surface area contributed by atoms with E-state index in [0.717, 1.165) is 0 Å². The Labute approximate surface area is 85.5 Å². The second-order valence-corrected chi connectivity index (χ2v) is 3.84. The molecule has 1 atom stereocenters. The van der Waals surface area contributed by atoms with Gasteiger partial charge in [0.1, 0.15) is 16.4 Å². The maximum Gasteiger partial charge on any atom is 0.271 e. The number of nitrogens with one attached hydrogen (secondary N) is 1. The van der Waals surface area contributed by atoms with Gasteiger partial charge < -0.3 is 5.32 Å². The van der Waals surface area contributed by atoms with E-state index >= 15 is 0 Å². The molecule has 0 fully saturated rings. The molecule has 0 saturated carbocycles. The van der Waals surface area contributed by atoms with Gasteiger partial charge in [0.05, 0.1) is 0 Å². The van der Waals surface area contributed by atoms with Crippen molar-refractivity contribution in [2.24, 2.45) is 0 Å². The van der Waals surface area contributed by atoms with Crippen LogP contribution in [0.5, 0.6) is 0 Å². The van der Waals surface area contributed by atoms with Crippen molar-refractivity contribution in [1.29, 1.82) is 0 Å². The lowest BCUT2D eigenvalue weighted by atomic mass is 10.2.